The van der Waals surface area contributed by atoms with Crippen molar-refractivity contribution >= 4 is 5.91 Å². The number of primary amides is 1. The number of nitrogens with one attached hydrogen (secondary N) is 1. The third kappa shape index (κ3) is 5.50. The maximum absolute atomic E-state index is 13.2. The van der Waals surface area contributed by atoms with Crippen molar-refractivity contribution in [3.05, 3.63) is 46.7 Å². The molecule has 3 N–H and O–H groups in total. The van der Waals surface area contributed by atoms with E-state index in [0.717, 1.165) is 12.0 Å². The molecular formula is C16H19F5N2O. The lowest BCUT2D eigenvalue weighted by atomic mass is 10.00. The highest BCUT2D eigenvalue weighted by molar-refractivity contribution is 5.93. The van der Waals surface area contributed by atoms with Crippen molar-refractivity contribution in [3.63, 3.8) is 0 Å². The van der Waals surface area contributed by atoms with Crippen LogP contribution >= 0.6 is 0 Å². The second-order valence-electron chi connectivity index (χ2n) is 5.21. The molecule has 0 saturated heterocycles. The molecule has 1 aromatic rings. The minimum absolute atomic E-state index is 0.396. The summed E-state index contributed by atoms with van der Waals surface area (Å²) >= 11 is 0. The van der Waals surface area contributed by atoms with Crippen LogP contribution in [0.1, 0.15) is 18.1 Å². The Hall–Kier alpha value is -2.12. The summed E-state index contributed by atoms with van der Waals surface area (Å²) in [6.45, 7) is -0.788. The van der Waals surface area contributed by atoms with E-state index in [1.165, 1.54) is 0 Å². The van der Waals surface area contributed by atoms with Crippen molar-refractivity contribution in [2.75, 3.05) is 13.3 Å². The first-order chi connectivity index (χ1) is 11.2. The standard InChI is InChI=1S/C16H19F5N2O/c1-2-10-3-5-11(6-4-10)7-13(15(22)24)14(16(19,20)21)23-12(8-17)9-18/h3-6,12,23H,2,7-9H2,1H3,(H2,22,24)/b14-13-. The van der Waals surface area contributed by atoms with E-state index in [1.807, 2.05) is 6.92 Å². The lowest BCUT2D eigenvalue weighted by Crippen LogP contribution is -2.40. The fraction of sp³-hybridized carbons (Fsp3) is 0.438. The van der Waals surface area contributed by atoms with E-state index in [0.29, 0.717) is 5.56 Å². The molecule has 0 unspecified atom stereocenters. The predicted octanol–water partition coefficient (Wildman–Crippen LogP) is 2.99. The summed E-state index contributed by atoms with van der Waals surface area (Å²) in [7, 11) is 0. The minimum atomic E-state index is -4.99. The highest BCUT2D eigenvalue weighted by Crippen LogP contribution is 2.28. The zero-order valence-electron chi connectivity index (χ0n) is 13.1. The molecule has 134 valence electrons. The molecule has 0 spiro atoms. The zero-order valence-corrected chi connectivity index (χ0v) is 13.1. The van der Waals surface area contributed by atoms with E-state index in [2.05, 4.69) is 0 Å². The number of hydrogen-bond acceptors (Lipinski definition) is 2. The van der Waals surface area contributed by atoms with Gasteiger partial charge in [0.1, 0.15) is 19.0 Å². The van der Waals surface area contributed by atoms with Gasteiger partial charge in [-0.3, -0.25) is 4.79 Å². The Bertz CT molecular complexity index is 577. The van der Waals surface area contributed by atoms with Gasteiger partial charge in [-0.2, -0.15) is 13.2 Å². The summed E-state index contributed by atoms with van der Waals surface area (Å²) in [5.74, 6) is -1.30. The summed E-state index contributed by atoms with van der Waals surface area (Å²) in [5, 5.41) is 1.72. The quantitative estimate of drug-likeness (QED) is 0.559. The van der Waals surface area contributed by atoms with Crippen molar-refractivity contribution in [3.8, 4) is 0 Å². The van der Waals surface area contributed by atoms with Crippen molar-refractivity contribution < 1.29 is 26.7 Å². The molecule has 1 amide bonds. The van der Waals surface area contributed by atoms with E-state index in [-0.39, 0.29) is 0 Å². The molecular weight excluding hydrogens is 331 g/mol. The number of hydrogen-bond donors (Lipinski definition) is 2. The van der Waals surface area contributed by atoms with Crippen LogP contribution in [0.4, 0.5) is 22.0 Å². The van der Waals surface area contributed by atoms with E-state index in [9.17, 15) is 26.7 Å². The number of allylic oxidation sites excluding steroid dienone is 1. The molecule has 0 heterocycles. The average molecular weight is 350 g/mol. The van der Waals surface area contributed by atoms with Gasteiger partial charge in [0.2, 0.25) is 5.91 Å². The minimum Gasteiger partial charge on any atom is -0.373 e. The van der Waals surface area contributed by atoms with Gasteiger partial charge in [-0.15, -0.1) is 0 Å². The van der Waals surface area contributed by atoms with Gasteiger partial charge in [-0.25, -0.2) is 8.78 Å². The van der Waals surface area contributed by atoms with Crippen molar-refractivity contribution in [1.82, 2.24) is 5.32 Å². The first-order valence-corrected chi connectivity index (χ1v) is 7.29. The van der Waals surface area contributed by atoms with E-state index < -0.39 is 49.2 Å². The molecule has 0 atom stereocenters. The molecule has 0 radical (unpaired) electrons. The zero-order chi connectivity index (χ0) is 18.3. The van der Waals surface area contributed by atoms with Gasteiger partial charge in [0, 0.05) is 12.0 Å². The summed E-state index contributed by atoms with van der Waals surface area (Å²) in [4.78, 5) is 11.5. The Balaban J connectivity index is 3.25. The lowest BCUT2D eigenvalue weighted by molar-refractivity contribution is -0.117. The van der Waals surface area contributed by atoms with Gasteiger partial charge >= 0.3 is 6.18 Å². The fourth-order valence-electron chi connectivity index (χ4n) is 2.06. The molecule has 8 heteroatoms. The Morgan fingerprint density at radius 2 is 1.62 bits per heavy atom. The molecule has 0 aliphatic rings. The van der Waals surface area contributed by atoms with Crippen molar-refractivity contribution in [2.45, 2.75) is 32.0 Å². The first kappa shape index (κ1) is 19.9. The number of rotatable bonds is 8. The Morgan fingerprint density at radius 1 is 1.12 bits per heavy atom. The Morgan fingerprint density at radius 3 is 2.00 bits per heavy atom. The van der Waals surface area contributed by atoms with Gasteiger partial charge in [0.05, 0.1) is 6.04 Å². The van der Waals surface area contributed by atoms with Gasteiger partial charge in [0.15, 0.2) is 0 Å². The molecule has 24 heavy (non-hydrogen) atoms. The Labute approximate surface area is 136 Å². The molecule has 3 nitrogen and oxygen atoms in total. The van der Waals surface area contributed by atoms with Crippen molar-refractivity contribution in [2.24, 2.45) is 5.73 Å². The van der Waals surface area contributed by atoms with Gasteiger partial charge in [-0.05, 0) is 17.5 Å². The SMILES string of the molecule is CCc1ccc(C/C(C(N)=O)=C(/NC(CF)CF)C(F)(F)F)cc1. The van der Waals surface area contributed by atoms with Crippen LogP contribution in [0.5, 0.6) is 0 Å². The van der Waals surface area contributed by atoms with Gasteiger partial charge in [0.25, 0.3) is 0 Å². The second-order valence-corrected chi connectivity index (χ2v) is 5.21. The average Bonchev–Trinajstić information content (AvgIpc) is 2.53. The number of benzene rings is 1. The number of alkyl halides is 5. The Kier molecular flexibility index (Phi) is 7.18. The highest BCUT2D eigenvalue weighted by atomic mass is 19.4. The molecule has 0 bridgehead atoms. The van der Waals surface area contributed by atoms with Gasteiger partial charge < -0.3 is 11.1 Å². The fourth-order valence-corrected chi connectivity index (χ4v) is 2.06. The number of nitrogens with two attached hydrogens (primary N) is 1. The number of carbonyl (C=O) groups is 1. The van der Waals surface area contributed by atoms with E-state index >= 15 is 0 Å². The smallest absolute Gasteiger partial charge is 0.373 e. The number of amides is 1. The number of halogens is 5. The highest BCUT2D eigenvalue weighted by Gasteiger charge is 2.39. The van der Waals surface area contributed by atoms with Crippen LogP contribution in [-0.2, 0) is 17.6 Å². The van der Waals surface area contributed by atoms with Crippen LogP contribution in [0.25, 0.3) is 0 Å². The van der Waals surface area contributed by atoms with E-state index in [4.69, 9.17) is 5.73 Å². The summed E-state index contributed by atoms with van der Waals surface area (Å²) in [5.41, 5.74) is 4.21. The third-order valence-electron chi connectivity index (χ3n) is 3.42. The largest absolute Gasteiger partial charge is 0.431 e. The molecule has 1 rings (SSSR count). The lowest BCUT2D eigenvalue weighted by Gasteiger charge is -2.21. The van der Waals surface area contributed by atoms with Crippen LogP contribution < -0.4 is 11.1 Å². The van der Waals surface area contributed by atoms with Crippen LogP contribution in [-0.4, -0.2) is 31.5 Å². The van der Waals surface area contributed by atoms with Gasteiger partial charge in [-0.1, -0.05) is 31.2 Å². The summed E-state index contributed by atoms with van der Waals surface area (Å²) < 4.78 is 64.8. The third-order valence-corrected chi connectivity index (χ3v) is 3.42. The van der Waals surface area contributed by atoms with E-state index in [1.54, 1.807) is 29.6 Å². The molecule has 0 aliphatic carbocycles. The predicted molar refractivity (Wildman–Crippen MR) is 80.7 cm³/mol. The number of aryl methyl sites for hydroxylation is 1. The topological polar surface area (TPSA) is 55.1 Å². The van der Waals surface area contributed by atoms with Crippen LogP contribution in [0.2, 0.25) is 0 Å². The maximum atomic E-state index is 13.2. The summed E-state index contributed by atoms with van der Waals surface area (Å²) in [6, 6.07) is 4.91. The van der Waals surface area contributed by atoms with Crippen LogP contribution in [0.15, 0.2) is 35.5 Å². The maximum Gasteiger partial charge on any atom is 0.431 e. The van der Waals surface area contributed by atoms with Crippen LogP contribution in [0, 0.1) is 0 Å². The van der Waals surface area contributed by atoms with Crippen LogP contribution in [0.3, 0.4) is 0 Å². The molecule has 0 aliphatic heterocycles. The second kappa shape index (κ2) is 8.65. The molecule has 0 saturated carbocycles. The molecule has 0 fully saturated rings. The summed E-state index contributed by atoms with van der Waals surface area (Å²) in [6.07, 6.45) is -4.63. The monoisotopic (exact) mass is 350 g/mol. The van der Waals surface area contributed by atoms with Crippen molar-refractivity contribution in [1.29, 1.82) is 0 Å². The number of carbonyl (C=O) groups excluding carboxylic acids is 1. The first-order valence-electron chi connectivity index (χ1n) is 7.29. The molecule has 0 aromatic heterocycles. The molecule has 1 aromatic carbocycles. The normalized spacial score (nSPS) is 13.0.